The highest BCUT2D eigenvalue weighted by Crippen LogP contribution is 2.43. The van der Waals surface area contributed by atoms with Gasteiger partial charge in [0, 0.05) is 17.6 Å². The van der Waals surface area contributed by atoms with Gasteiger partial charge < -0.3 is 0 Å². The molecule has 1 heterocycles. The maximum Gasteiger partial charge on any atom is 0.135 e. The Balaban J connectivity index is 2.00. The van der Waals surface area contributed by atoms with Gasteiger partial charge in [0.25, 0.3) is 0 Å². The lowest BCUT2D eigenvalue weighted by Gasteiger charge is -2.37. The molecule has 1 saturated heterocycles. The zero-order chi connectivity index (χ0) is 15.6. The fourth-order valence-electron chi connectivity index (χ4n) is 3.50. The molecule has 1 fully saturated rings. The fraction of sp³-hybridized carbons (Fsp3) is 0.316. The van der Waals surface area contributed by atoms with Crippen molar-refractivity contribution in [3.05, 3.63) is 70.7 Å². The molecular formula is C19H19ClN2. The highest BCUT2D eigenvalue weighted by molar-refractivity contribution is 6.30. The second kappa shape index (κ2) is 6.12. The lowest BCUT2D eigenvalue weighted by molar-refractivity contribution is 0.139. The Morgan fingerprint density at radius 3 is 2.45 bits per heavy atom. The van der Waals surface area contributed by atoms with Crippen molar-refractivity contribution in [1.29, 1.82) is 5.26 Å². The van der Waals surface area contributed by atoms with Gasteiger partial charge in [-0.05, 0) is 43.0 Å². The molecule has 2 aromatic carbocycles. The third kappa shape index (κ3) is 2.52. The van der Waals surface area contributed by atoms with Crippen molar-refractivity contribution in [2.24, 2.45) is 0 Å². The van der Waals surface area contributed by atoms with Crippen LogP contribution in [0.3, 0.4) is 0 Å². The van der Waals surface area contributed by atoms with Crippen molar-refractivity contribution < 1.29 is 0 Å². The van der Waals surface area contributed by atoms with Crippen molar-refractivity contribution in [2.75, 3.05) is 6.54 Å². The topological polar surface area (TPSA) is 27.0 Å². The Morgan fingerprint density at radius 2 is 1.82 bits per heavy atom. The number of nitrogens with zero attached hydrogens (tertiary/aromatic N) is 2. The molecule has 0 bridgehead atoms. The van der Waals surface area contributed by atoms with Gasteiger partial charge in [0.2, 0.25) is 0 Å². The third-order valence-electron chi connectivity index (χ3n) is 4.68. The maximum absolute atomic E-state index is 9.98. The smallest absolute Gasteiger partial charge is 0.135 e. The molecule has 3 rings (SSSR count). The summed E-state index contributed by atoms with van der Waals surface area (Å²) < 4.78 is 0. The van der Waals surface area contributed by atoms with Crippen molar-refractivity contribution in [3.63, 3.8) is 0 Å². The van der Waals surface area contributed by atoms with E-state index >= 15 is 0 Å². The van der Waals surface area contributed by atoms with Crippen LogP contribution in [0.5, 0.6) is 0 Å². The number of nitriles is 1. The molecular weight excluding hydrogens is 292 g/mol. The molecule has 1 aliphatic rings. The first-order chi connectivity index (χ1) is 10.7. The number of likely N-dealkylation sites (tertiary alicyclic amines) is 1. The standard InChI is InChI=1S/C19H19ClN2/c1-15(16-6-3-2-4-7-16)22-13-5-12-19(22,14-21)17-8-10-18(20)11-9-17/h2-4,6-11,15H,5,12-13H2,1H3. The lowest BCUT2D eigenvalue weighted by atomic mass is 9.87. The molecule has 0 saturated carbocycles. The summed E-state index contributed by atoms with van der Waals surface area (Å²) in [7, 11) is 0. The van der Waals surface area contributed by atoms with Gasteiger partial charge in [0.1, 0.15) is 5.54 Å². The zero-order valence-corrected chi connectivity index (χ0v) is 13.4. The molecule has 1 aliphatic heterocycles. The molecule has 3 heteroatoms. The number of hydrogen-bond acceptors (Lipinski definition) is 2. The molecule has 2 nitrogen and oxygen atoms in total. The average Bonchev–Trinajstić information content (AvgIpc) is 3.00. The predicted molar refractivity (Wildman–Crippen MR) is 89.5 cm³/mol. The van der Waals surface area contributed by atoms with E-state index in [9.17, 15) is 5.26 Å². The minimum absolute atomic E-state index is 0.207. The monoisotopic (exact) mass is 310 g/mol. The van der Waals surface area contributed by atoms with E-state index in [-0.39, 0.29) is 6.04 Å². The van der Waals surface area contributed by atoms with Gasteiger partial charge in [-0.1, -0.05) is 54.1 Å². The first-order valence-corrected chi connectivity index (χ1v) is 8.04. The van der Waals surface area contributed by atoms with Crippen LogP contribution in [0.25, 0.3) is 0 Å². The van der Waals surface area contributed by atoms with Crippen molar-refractivity contribution >= 4 is 11.6 Å². The minimum Gasteiger partial charge on any atom is -0.275 e. The van der Waals surface area contributed by atoms with Crippen molar-refractivity contribution in [1.82, 2.24) is 4.90 Å². The minimum atomic E-state index is -0.556. The van der Waals surface area contributed by atoms with Crippen LogP contribution in [-0.2, 0) is 5.54 Å². The van der Waals surface area contributed by atoms with Crippen LogP contribution in [0.15, 0.2) is 54.6 Å². The Hall–Kier alpha value is -1.82. The van der Waals surface area contributed by atoms with Crippen LogP contribution in [0.2, 0.25) is 5.02 Å². The first-order valence-electron chi connectivity index (χ1n) is 7.66. The second-order valence-electron chi connectivity index (χ2n) is 5.86. The van der Waals surface area contributed by atoms with E-state index in [1.54, 1.807) is 0 Å². The van der Waals surface area contributed by atoms with Crippen LogP contribution in [-0.4, -0.2) is 11.4 Å². The maximum atomic E-state index is 9.98. The fourth-order valence-corrected chi connectivity index (χ4v) is 3.62. The molecule has 0 spiro atoms. The quantitative estimate of drug-likeness (QED) is 0.805. The summed E-state index contributed by atoms with van der Waals surface area (Å²) in [5, 5.41) is 10.7. The molecule has 2 aromatic rings. The number of rotatable bonds is 3. The largest absolute Gasteiger partial charge is 0.275 e. The molecule has 0 radical (unpaired) electrons. The molecule has 0 aromatic heterocycles. The second-order valence-corrected chi connectivity index (χ2v) is 6.30. The van der Waals surface area contributed by atoms with E-state index in [2.05, 4.69) is 42.2 Å². The molecule has 0 N–H and O–H groups in total. The van der Waals surface area contributed by atoms with Crippen LogP contribution >= 0.6 is 11.6 Å². The summed E-state index contributed by atoms with van der Waals surface area (Å²) in [5.41, 5.74) is 1.73. The SMILES string of the molecule is CC(c1ccccc1)N1CCCC1(C#N)c1ccc(Cl)cc1. The predicted octanol–water partition coefficient (Wildman–Crippen LogP) is 4.92. The van der Waals surface area contributed by atoms with E-state index in [1.807, 2.05) is 30.3 Å². The van der Waals surface area contributed by atoms with E-state index in [1.165, 1.54) is 5.56 Å². The van der Waals surface area contributed by atoms with Crippen molar-refractivity contribution in [3.8, 4) is 6.07 Å². The van der Waals surface area contributed by atoms with Gasteiger partial charge in [0.15, 0.2) is 0 Å². The van der Waals surface area contributed by atoms with Gasteiger partial charge in [-0.2, -0.15) is 5.26 Å². The Labute approximate surface area is 136 Å². The van der Waals surface area contributed by atoms with E-state index < -0.39 is 5.54 Å². The third-order valence-corrected chi connectivity index (χ3v) is 4.94. The van der Waals surface area contributed by atoms with Crippen molar-refractivity contribution in [2.45, 2.75) is 31.3 Å². The Morgan fingerprint density at radius 1 is 1.14 bits per heavy atom. The van der Waals surface area contributed by atoms with Crippen LogP contribution < -0.4 is 0 Å². The Kier molecular flexibility index (Phi) is 4.20. The van der Waals surface area contributed by atoms with Gasteiger partial charge in [0.05, 0.1) is 6.07 Å². The summed E-state index contributed by atoms with van der Waals surface area (Å²) >= 11 is 6.01. The molecule has 0 aliphatic carbocycles. The van der Waals surface area contributed by atoms with Crippen LogP contribution in [0.1, 0.15) is 36.9 Å². The summed E-state index contributed by atoms with van der Waals surface area (Å²) in [5.74, 6) is 0. The normalized spacial score (nSPS) is 23.1. The van der Waals surface area contributed by atoms with Crippen LogP contribution in [0, 0.1) is 11.3 Å². The molecule has 2 atom stereocenters. The summed E-state index contributed by atoms with van der Waals surface area (Å²) in [6.45, 7) is 3.12. The first kappa shape index (κ1) is 15.1. The molecule has 2 unspecified atom stereocenters. The van der Waals surface area contributed by atoms with Gasteiger partial charge in [-0.25, -0.2) is 0 Å². The van der Waals surface area contributed by atoms with Gasteiger partial charge >= 0.3 is 0 Å². The van der Waals surface area contributed by atoms with E-state index in [4.69, 9.17) is 11.6 Å². The highest BCUT2D eigenvalue weighted by atomic mass is 35.5. The average molecular weight is 311 g/mol. The van der Waals surface area contributed by atoms with Gasteiger partial charge in [-0.3, -0.25) is 4.90 Å². The molecule has 22 heavy (non-hydrogen) atoms. The zero-order valence-electron chi connectivity index (χ0n) is 12.7. The van der Waals surface area contributed by atoms with Crippen LogP contribution in [0.4, 0.5) is 0 Å². The lowest BCUT2D eigenvalue weighted by Crippen LogP contribution is -2.41. The number of halogens is 1. The summed E-state index contributed by atoms with van der Waals surface area (Å²) in [6, 6.07) is 20.9. The van der Waals surface area contributed by atoms with E-state index in [0.29, 0.717) is 5.02 Å². The van der Waals surface area contributed by atoms with E-state index in [0.717, 1.165) is 24.9 Å². The van der Waals surface area contributed by atoms with Gasteiger partial charge in [-0.15, -0.1) is 0 Å². The summed E-state index contributed by atoms with van der Waals surface area (Å²) in [6.07, 6.45) is 1.90. The number of benzene rings is 2. The number of hydrogen-bond donors (Lipinski definition) is 0. The Bertz CT molecular complexity index is 675. The molecule has 0 amide bonds. The summed E-state index contributed by atoms with van der Waals surface area (Å²) in [4.78, 5) is 2.32. The highest BCUT2D eigenvalue weighted by Gasteiger charge is 2.45. The molecule has 112 valence electrons.